The van der Waals surface area contributed by atoms with E-state index < -0.39 is 0 Å². The first-order chi connectivity index (χ1) is 5.74. The molecule has 0 saturated carbocycles. The molecule has 1 aromatic rings. The van der Waals surface area contributed by atoms with Gasteiger partial charge in [-0.05, 0) is 11.6 Å². The first-order valence-electron chi connectivity index (χ1n) is 3.58. The average Bonchev–Trinajstić information content (AvgIpc) is 2.06. The van der Waals surface area contributed by atoms with E-state index in [-0.39, 0.29) is 6.04 Å². The molecule has 0 amide bonds. The van der Waals surface area contributed by atoms with Crippen LogP contribution in [0.25, 0.3) is 0 Å². The monoisotopic (exact) mass is 162 g/mol. The summed E-state index contributed by atoms with van der Waals surface area (Å²) < 4.78 is 0. The molecule has 4 nitrogen and oxygen atoms in total. The third-order valence-corrected chi connectivity index (χ3v) is 1.55. The van der Waals surface area contributed by atoms with Gasteiger partial charge in [-0.1, -0.05) is 6.07 Å². The zero-order valence-corrected chi connectivity index (χ0v) is 6.57. The van der Waals surface area contributed by atoms with Gasteiger partial charge in [-0.15, -0.1) is 0 Å². The molecule has 0 spiro atoms. The molecule has 4 N–H and O–H groups in total. The average molecular weight is 162 g/mol. The molecule has 1 aromatic heterocycles. The fourth-order valence-electron chi connectivity index (χ4n) is 0.852. The number of hydrogen-bond acceptors (Lipinski definition) is 4. The molecule has 1 atom stereocenters. The van der Waals surface area contributed by atoms with Gasteiger partial charge < -0.3 is 11.5 Å². The molecule has 0 aliphatic heterocycles. The van der Waals surface area contributed by atoms with Crippen LogP contribution in [0.4, 0.5) is 5.82 Å². The Morgan fingerprint density at radius 3 is 2.83 bits per heavy atom. The van der Waals surface area contributed by atoms with Crippen molar-refractivity contribution in [1.82, 2.24) is 4.98 Å². The molecule has 0 radical (unpaired) electrons. The van der Waals surface area contributed by atoms with Crippen LogP contribution in [0.5, 0.6) is 0 Å². The molecule has 0 unspecified atom stereocenters. The minimum Gasteiger partial charge on any atom is -0.384 e. The quantitative estimate of drug-likeness (QED) is 0.665. The Bertz CT molecular complexity index is 285. The lowest BCUT2D eigenvalue weighted by Gasteiger charge is -2.06. The van der Waals surface area contributed by atoms with Crippen molar-refractivity contribution in [3.05, 3.63) is 23.9 Å². The van der Waals surface area contributed by atoms with Crippen molar-refractivity contribution < 1.29 is 0 Å². The second-order valence-electron chi connectivity index (χ2n) is 2.49. The Morgan fingerprint density at radius 2 is 2.33 bits per heavy atom. The summed E-state index contributed by atoms with van der Waals surface area (Å²) in [7, 11) is 0. The second-order valence-corrected chi connectivity index (χ2v) is 2.49. The molecule has 0 aromatic carbocycles. The summed E-state index contributed by atoms with van der Waals surface area (Å²) in [6.45, 7) is 0. The SMILES string of the molecule is N#CC[C@H](N)c1ccc(N)nc1. The van der Waals surface area contributed by atoms with Gasteiger partial charge in [0.15, 0.2) is 0 Å². The second kappa shape index (κ2) is 3.69. The number of nitrogens with two attached hydrogens (primary N) is 2. The molecule has 4 heteroatoms. The first-order valence-corrected chi connectivity index (χ1v) is 3.58. The Labute approximate surface area is 70.8 Å². The largest absolute Gasteiger partial charge is 0.384 e. The Kier molecular flexibility index (Phi) is 2.62. The molecular weight excluding hydrogens is 152 g/mol. The van der Waals surface area contributed by atoms with Crippen LogP contribution in [0, 0.1) is 11.3 Å². The highest BCUT2D eigenvalue weighted by molar-refractivity contribution is 5.30. The van der Waals surface area contributed by atoms with Crippen LogP contribution in [-0.4, -0.2) is 4.98 Å². The fourth-order valence-corrected chi connectivity index (χ4v) is 0.852. The van der Waals surface area contributed by atoms with Crippen molar-refractivity contribution >= 4 is 5.82 Å². The van der Waals surface area contributed by atoms with Gasteiger partial charge in [-0.2, -0.15) is 5.26 Å². The van der Waals surface area contributed by atoms with Crippen LogP contribution >= 0.6 is 0 Å². The summed E-state index contributed by atoms with van der Waals surface area (Å²) in [6.07, 6.45) is 1.89. The molecule has 0 saturated heterocycles. The molecular formula is C8H10N4. The summed E-state index contributed by atoms with van der Waals surface area (Å²) in [4.78, 5) is 3.87. The van der Waals surface area contributed by atoms with Crippen molar-refractivity contribution in [2.75, 3.05) is 5.73 Å². The zero-order chi connectivity index (χ0) is 8.97. The number of pyridine rings is 1. The standard InChI is InChI=1S/C8H10N4/c9-4-3-7(10)6-1-2-8(11)12-5-6/h1-2,5,7H,3,10H2,(H2,11,12)/t7-/m0/s1. The topological polar surface area (TPSA) is 88.7 Å². The molecule has 0 aliphatic rings. The molecule has 0 aliphatic carbocycles. The summed E-state index contributed by atoms with van der Waals surface area (Å²) in [6, 6.07) is 5.19. The minimum atomic E-state index is -0.261. The number of hydrogen-bond donors (Lipinski definition) is 2. The van der Waals surface area contributed by atoms with Gasteiger partial charge in [0.2, 0.25) is 0 Å². The van der Waals surface area contributed by atoms with E-state index in [0.29, 0.717) is 12.2 Å². The van der Waals surface area contributed by atoms with Gasteiger partial charge >= 0.3 is 0 Å². The molecule has 12 heavy (non-hydrogen) atoms. The maximum Gasteiger partial charge on any atom is 0.123 e. The summed E-state index contributed by atoms with van der Waals surface area (Å²) in [5.41, 5.74) is 11.9. The summed E-state index contributed by atoms with van der Waals surface area (Å²) in [5.74, 6) is 0.461. The number of nitrogen functional groups attached to an aromatic ring is 1. The van der Waals surface area contributed by atoms with E-state index in [4.69, 9.17) is 16.7 Å². The number of nitrogens with zero attached hydrogens (tertiary/aromatic N) is 2. The molecule has 0 fully saturated rings. The predicted molar refractivity (Wildman–Crippen MR) is 45.8 cm³/mol. The van der Waals surface area contributed by atoms with Gasteiger partial charge in [-0.3, -0.25) is 0 Å². The first kappa shape index (κ1) is 8.50. The molecule has 1 rings (SSSR count). The maximum atomic E-state index is 8.38. The van der Waals surface area contributed by atoms with Gasteiger partial charge in [0, 0.05) is 12.2 Å². The smallest absolute Gasteiger partial charge is 0.123 e. The highest BCUT2D eigenvalue weighted by Crippen LogP contribution is 2.12. The fraction of sp³-hybridized carbons (Fsp3) is 0.250. The lowest BCUT2D eigenvalue weighted by molar-refractivity contribution is 0.744. The summed E-state index contributed by atoms with van der Waals surface area (Å²) in [5, 5.41) is 8.38. The Balaban J connectivity index is 2.76. The highest BCUT2D eigenvalue weighted by Gasteiger charge is 2.04. The van der Waals surface area contributed by atoms with Gasteiger partial charge in [-0.25, -0.2) is 4.98 Å². The third-order valence-electron chi connectivity index (χ3n) is 1.55. The van der Waals surface area contributed by atoms with Crippen LogP contribution in [0.3, 0.4) is 0 Å². The lowest BCUT2D eigenvalue weighted by Crippen LogP contribution is -2.09. The number of anilines is 1. The number of rotatable bonds is 2. The van der Waals surface area contributed by atoms with E-state index in [0.717, 1.165) is 5.56 Å². The van der Waals surface area contributed by atoms with Crippen LogP contribution in [0.15, 0.2) is 18.3 Å². The van der Waals surface area contributed by atoms with Crippen molar-refractivity contribution in [1.29, 1.82) is 5.26 Å². The Hall–Kier alpha value is -1.60. The van der Waals surface area contributed by atoms with Crippen molar-refractivity contribution in [2.45, 2.75) is 12.5 Å². The normalized spacial score (nSPS) is 12.0. The Morgan fingerprint density at radius 1 is 1.58 bits per heavy atom. The van der Waals surface area contributed by atoms with Crippen LogP contribution < -0.4 is 11.5 Å². The van der Waals surface area contributed by atoms with E-state index in [1.807, 2.05) is 6.07 Å². The minimum absolute atomic E-state index is 0.261. The van der Waals surface area contributed by atoms with Crippen LogP contribution in [-0.2, 0) is 0 Å². The van der Waals surface area contributed by atoms with E-state index in [2.05, 4.69) is 4.98 Å². The van der Waals surface area contributed by atoms with E-state index in [9.17, 15) is 0 Å². The predicted octanol–water partition coefficient (Wildman–Crippen LogP) is 0.577. The van der Waals surface area contributed by atoms with Crippen LogP contribution in [0.1, 0.15) is 18.0 Å². The molecule has 62 valence electrons. The van der Waals surface area contributed by atoms with Crippen molar-refractivity contribution in [3.8, 4) is 6.07 Å². The van der Waals surface area contributed by atoms with Gasteiger partial charge in [0.25, 0.3) is 0 Å². The third kappa shape index (κ3) is 1.94. The van der Waals surface area contributed by atoms with Gasteiger partial charge in [0.05, 0.1) is 12.5 Å². The lowest BCUT2D eigenvalue weighted by atomic mass is 10.1. The van der Waals surface area contributed by atoms with Crippen LogP contribution in [0.2, 0.25) is 0 Å². The van der Waals surface area contributed by atoms with E-state index >= 15 is 0 Å². The molecule has 0 bridgehead atoms. The van der Waals surface area contributed by atoms with E-state index in [1.165, 1.54) is 0 Å². The molecule has 1 heterocycles. The van der Waals surface area contributed by atoms with Gasteiger partial charge in [0.1, 0.15) is 5.82 Å². The zero-order valence-electron chi connectivity index (χ0n) is 6.57. The highest BCUT2D eigenvalue weighted by atomic mass is 14.8. The van der Waals surface area contributed by atoms with E-state index in [1.54, 1.807) is 18.3 Å². The number of nitriles is 1. The number of aromatic nitrogens is 1. The van der Waals surface area contributed by atoms with Crippen molar-refractivity contribution in [3.63, 3.8) is 0 Å². The summed E-state index contributed by atoms with van der Waals surface area (Å²) >= 11 is 0. The maximum absolute atomic E-state index is 8.38. The van der Waals surface area contributed by atoms with Crippen molar-refractivity contribution in [2.24, 2.45) is 5.73 Å².